The van der Waals surface area contributed by atoms with Crippen LogP contribution in [0, 0.1) is 0 Å². The van der Waals surface area contributed by atoms with E-state index in [-0.39, 0.29) is 11.5 Å². The zero-order valence-electron chi connectivity index (χ0n) is 12.9. The summed E-state index contributed by atoms with van der Waals surface area (Å²) in [6.07, 6.45) is 2.48. The third-order valence-electron chi connectivity index (χ3n) is 2.83. The highest BCUT2D eigenvalue weighted by atomic mass is 16.5. The fourth-order valence-corrected chi connectivity index (χ4v) is 1.77. The van der Waals surface area contributed by atoms with Crippen molar-refractivity contribution in [1.82, 2.24) is 4.90 Å². The zero-order valence-corrected chi connectivity index (χ0v) is 12.9. The Morgan fingerprint density at radius 3 is 2.35 bits per heavy atom. The maximum absolute atomic E-state index is 12.0. The molecule has 4 nitrogen and oxygen atoms in total. The maximum atomic E-state index is 12.0. The van der Waals surface area contributed by atoms with Crippen molar-refractivity contribution < 1.29 is 14.3 Å². The van der Waals surface area contributed by atoms with E-state index >= 15 is 0 Å². The van der Waals surface area contributed by atoms with E-state index < -0.39 is 0 Å². The van der Waals surface area contributed by atoms with Gasteiger partial charge in [-0.3, -0.25) is 4.79 Å². The average Bonchev–Trinajstić information content (AvgIpc) is 3.12. The molecule has 0 bridgehead atoms. The average molecular weight is 277 g/mol. The molecule has 20 heavy (non-hydrogen) atoms. The molecule has 0 heterocycles. The number of nitrogens with zero attached hydrogens (tertiary/aromatic N) is 1. The summed E-state index contributed by atoms with van der Waals surface area (Å²) in [5.74, 6) is 1.32. The van der Waals surface area contributed by atoms with Crippen molar-refractivity contribution in [2.75, 3.05) is 14.1 Å². The predicted molar refractivity (Wildman–Crippen MR) is 78.5 cm³/mol. The molecule has 1 amide bonds. The zero-order chi connectivity index (χ0) is 14.9. The Morgan fingerprint density at radius 1 is 1.20 bits per heavy atom. The molecular formula is C16H23NO3. The molecule has 1 saturated carbocycles. The van der Waals surface area contributed by atoms with E-state index in [2.05, 4.69) is 0 Å². The largest absolute Gasteiger partial charge is 0.487 e. The van der Waals surface area contributed by atoms with Crippen molar-refractivity contribution >= 4 is 5.91 Å². The second-order valence-electron chi connectivity index (χ2n) is 6.39. The molecular weight excluding hydrogens is 254 g/mol. The maximum Gasteiger partial charge on any atom is 0.253 e. The van der Waals surface area contributed by atoms with Gasteiger partial charge in [-0.05, 0) is 51.8 Å². The lowest BCUT2D eigenvalue weighted by Crippen LogP contribution is -2.25. The highest BCUT2D eigenvalue weighted by molar-refractivity contribution is 5.94. The van der Waals surface area contributed by atoms with Gasteiger partial charge in [-0.1, -0.05) is 0 Å². The van der Waals surface area contributed by atoms with Gasteiger partial charge in [0, 0.05) is 19.7 Å². The Morgan fingerprint density at radius 2 is 1.85 bits per heavy atom. The second kappa shape index (κ2) is 5.35. The van der Waals surface area contributed by atoms with Crippen molar-refractivity contribution in [3.8, 4) is 11.5 Å². The third-order valence-corrected chi connectivity index (χ3v) is 2.83. The van der Waals surface area contributed by atoms with Gasteiger partial charge in [0.2, 0.25) is 0 Å². The van der Waals surface area contributed by atoms with E-state index in [1.165, 1.54) is 0 Å². The van der Waals surface area contributed by atoms with Gasteiger partial charge in [0.1, 0.15) is 5.60 Å². The molecule has 0 saturated heterocycles. The van der Waals surface area contributed by atoms with Crippen molar-refractivity contribution in [2.24, 2.45) is 0 Å². The molecule has 0 radical (unpaired) electrons. The van der Waals surface area contributed by atoms with Crippen LogP contribution < -0.4 is 9.47 Å². The van der Waals surface area contributed by atoms with Crippen LogP contribution in [-0.4, -0.2) is 36.6 Å². The number of ether oxygens (including phenoxy) is 2. The quantitative estimate of drug-likeness (QED) is 0.849. The SMILES string of the molecule is CN(C)C(=O)c1ccc(OC2CC2)c(OC(C)(C)C)c1. The Labute approximate surface area is 120 Å². The Kier molecular flexibility index (Phi) is 3.93. The first-order chi connectivity index (χ1) is 9.26. The van der Waals surface area contributed by atoms with Crippen LogP contribution in [0.5, 0.6) is 11.5 Å². The van der Waals surface area contributed by atoms with Crippen molar-refractivity contribution in [1.29, 1.82) is 0 Å². The normalized spacial score (nSPS) is 14.8. The summed E-state index contributed by atoms with van der Waals surface area (Å²) < 4.78 is 11.8. The van der Waals surface area contributed by atoms with Gasteiger partial charge in [0.25, 0.3) is 5.91 Å². The highest BCUT2D eigenvalue weighted by Crippen LogP contribution is 2.36. The lowest BCUT2D eigenvalue weighted by Gasteiger charge is -2.24. The molecule has 0 aromatic heterocycles. The highest BCUT2D eigenvalue weighted by Gasteiger charge is 2.26. The number of hydrogen-bond acceptors (Lipinski definition) is 3. The van der Waals surface area contributed by atoms with Gasteiger partial charge in [0.05, 0.1) is 6.10 Å². The third kappa shape index (κ3) is 3.89. The molecule has 1 aliphatic rings. The van der Waals surface area contributed by atoms with Crippen LogP contribution in [0.1, 0.15) is 44.0 Å². The van der Waals surface area contributed by atoms with Crippen LogP contribution in [0.25, 0.3) is 0 Å². The minimum absolute atomic E-state index is 0.0401. The van der Waals surface area contributed by atoms with Crippen molar-refractivity contribution in [3.63, 3.8) is 0 Å². The van der Waals surface area contributed by atoms with Crippen LogP contribution in [0.2, 0.25) is 0 Å². The minimum Gasteiger partial charge on any atom is -0.487 e. The fourth-order valence-electron chi connectivity index (χ4n) is 1.77. The summed E-state index contributed by atoms with van der Waals surface area (Å²) >= 11 is 0. The standard InChI is InChI=1S/C16H23NO3/c1-16(2,3)20-14-10-11(15(18)17(4)5)6-9-13(14)19-12-7-8-12/h6,9-10,12H,7-8H2,1-5H3. The molecule has 0 atom stereocenters. The number of amides is 1. The molecule has 0 aliphatic heterocycles. The van der Waals surface area contributed by atoms with Gasteiger partial charge in [-0.25, -0.2) is 0 Å². The van der Waals surface area contributed by atoms with Gasteiger partial charge >= 0.3 is 0 Å². The molecule has 1 aromatic rings. The van der Waals surface area contributed by atoms with Gasteiger partial charge in [-0.2, -0.15) is 0 Å². The first-order valence-corrected chi connectivity index (χ1v) is 6.97. The van der Waals surface area contributed by atoms with E-state index in [9.17, 15) is 4.79 Å². The van der Waals surface area contributed by atoms with Crippen LogP contribution in [0.15, 0.2) is 18.2 Å². The summed E-state index contributed by atoms with van der Waals surface area (Å²) in [6.45, 7) is 5.94. The monoisotopic (exact) mass is 277 g/mol. The molecule has 0 unspecified atom stereocenters. The smallest absolute Gasteiger partial charge is 0.253 e. The van der Waals surface area contributed by atoms with E-state index in [0.29, 0.717) is 17.4 Å². The molecule has 1 fully saturated rings. The Balaban J connectivity index is 2.30. The van der Waals surface area contributed by atoms with Crippen LogP contribution in [0.3, 0.4) is 0 Å². The predicted octanol–water partition coefficient (Wildman–Crippen LogP) is 3.11. The van der Waals surface area contributed by atoms with Crippen LogP contribution >= 0.6 is 0 Å². The number of carbonyl (C=O) groups excluding carboxylic acids is 1. The number of rotatable bonds is 4. The molecule has 110 valence electrons. The second-order valence-corrected chi connectivity index (χ2v) is 6.39. The summed E-state index contributed by atoms with van der Waals surface area (Å²) in [7, 11) is 3.47. The van der Waals surface area contributed by atoms with Crippen molar-refractivity contribution in [3.05, 3.63) is 23.8 Å². The van der Waals surface area contributed by atoms with Crippen LogP contribution in [-0.2, 0) is 0 Å². The topological polar surface area (TPSA) is 38.8 Å². The lowest BCUT2D eigenvalue weighted by atomic mass is 10.1. The first kappa shape index (κ1) is 14.7. The Hall–Kier alpha value is -1.71. The van der Waals surface area contributed by atoms with E-state index in [0.717, 1.165) is 18.6 Å². The lowest BCUT2D eigenvalue weighted by molar-refractivity contribution is 0.0824. The van der Waals surface area contributed by atoms with Gasteiger partial charge < -0.3 is 14.4 Å². The van der Waals surface area contributed by atoms with Gasteiger partial charge in [-0.15, -0.1) is 0 Å². The van der Waals surface area contributed by atoms with Gasteiger partial charge in [0.15, 0.2) is 11.5 Å². The Bertz CT molecular complexity index is 499. The summed E-state index contributed by atoms with van der Waals surface area (Å²) in [6, 6.07) is 5.39. The molecule has 0 spiro atoms. The van der Waals surface area contributed by atoms with Crippen LogP contribution in [0.4, 0.5) is 0 Å². The summed E-state index contributed by atoms with van der Waals surface area (Å²) in [5, 5.41) is 0. The minimum atomic E-state index is -0.332. The van der Waals surface area contributed by atoms with E-state index in [1.807, 2.05) is 26.8 Å². The van der Waals surface area contributed by atoms with E-state index in [4.69, 9.17) is 9.47 Å². The number of hydrogen-bond donors (Lipinski definition) is 0. The first-order valence-electron chi connectivity index (χ1n) is 6.97. The van der Waals surface area contributed by atoms with E-state index in [1.54, 1.807) is 31.1 Å². The number of benzene rings is 1. The molecule has 0 N–H and O–H groups in total. The number of carbonyl (C=O) groups is 1. The molecule has 2 rings (SSSR count). The summed E-state index contributed by atoms with van der Waals surface area (Å²) in [5.41, 5.74) is 0.277. The van der Waals surface area contributed by atoms with Crippen molar-refractivity contribution in [2.45, 2.75) is 45.3 Å². The summed E-state index contributed by atoms with van der Waals surface area (Å²) in [4.78, 5) is 13.6. The fraction of sp³-hybridized carbons (Fsp3) is 0.562. The molecule has 1 aromatic carbocycles. The molecule has 1 aliphatic carbocycles. The molecule has 4 heteroatoms.